The van der Waals surface area contributed by atoms with E-state index in [1.807, 2.05) is 61.5 Å². The lowest BCUT2D eigenvalue weighted by Crippen LogP contribution is -2.27. The third kappa shape index (κ3) is 3.38. The second-order valence-electron chi connectivity index (χ2n) is 4.58. The second-order valence-corrected chi connectivity index (χ2v) is 4.58. The van der Waals surface area contributed by atoms with Crippen molar-refractivity contribution >= 4 is 5.91 Å². The average Bonchev–Trinajstić information content (AvgIpc) is 2.52. The smallest absolute Gasteiger partial charge is 0.253 e. The molecule has 0 radical (unpaired) electrons. The standard InChI is InChI=1S/C17H19NO2/c1-3-18(2)17(19)16-12-8-7-9-14(16)13-20-15-10-5-4-6-11-15/h4-12H,3,13H2,1-2H3. The normalized spacial score (nSPS) is 10.1. The zero-order valence-corrected chi connectivity index (χ0v) is 11.9. The highest BCUT2D eigenvalue weighted by molar-refractivity contribution is 5.95. The Hall–Kier alpha value is -2.29. The summed E-state index contributed by atoms with van der Waals surface area (Å²) in [6.07, 6.45) is 0. The molecule has 0 bridgehead atoms. The summed E-state index contributed by atoms with van der Waals surface area (Å²) in [5.74, 6) is 0.832. The number of ether oxygens (including phenoxy) is 1. The monoisotopic (exact) mass is 269 g/mol. The van der Waals surface area contributed by atoms with Gasteiger partial charge in [0.05, 0.1) is 0 Å². The lowest BCUT2D eigenvalue weighted by Gasteiger charge is -2.17. The van der Waals surface area contributed by atoms with E-state index in [0.717, 1.165) is 11.3 Å². The Morgan fingerprint density at radius 1 is 1.05 bits per heavy atom. The van der Waals surface area contributed by atoms with Crippen LogP contribution in [0, 0.1) is 0 Å². The minimum atomic E-state index is 0.0276. The number of carbonyl (C=O) groups excluding carboxylic acids is 1. The molecule has 0 saturated carbocycles. The van der Waals surface area contributed by atoms with Crippen LogP contribution >= 0.6 is 0 Å². The van der Waals surface area contributed by atoms with Gasteiger partial charge in [-0.3, -0.25) is 4.79 Å². The summed E-state index contributed by atoms with van der Waals surface area (Å²) in [5.41, 5.74) is 1.61. The number of para-hydroxylation sites is 1. The molecule has 0 atom stereocenters. The molecule has 0 saturated heterocycles. The predicted molar refractivity (Wildman–Crippen MR) is 79.9 cm³/mol. The minimum Gasteiger partial charge on any atom is -0.489 e. The van der Waals surface area contributed by atoms with E-state index in [-0.39, 0.29) is 5.91 Å². The van der Waals surface area contributed by atoms with Gasteiger partial charge in [-0.2, -0.15) is 0 Å². The highest BCUT2D eigenvalue weighted by Gasteiger charge is 2.14. The number of benzene rings is 2. The highest BCUT2D eigenvalue weighted by atomic mass is 16.5. The number of hydrogen-bond acceptors (Lipinski definition) is 2. The van der Waals surface area contributed by atoms with Gasteiger partial charge in [0, 0.05) is 24.7 Å². The van der Waals surface area contributed by atoms with Gasteiger partial charge in [-0.15, -0.1) is 0 Å². The van der Waals surface area contributed by atoms with Crippen molar-refractivity contribution in [1.82, 2.24) is 4.90 Å². The Balaban J connectivity index is 2.14. The third-order valence-electron chi connectivity index (χ3n) is 3.21. The molecule has 2 aromatic carbocycles. The summed E-state index contributed by atoms with van der Waals surface area (Å²) in [7, 11) is 1.80. The van der Waals surface area contributed by atoms with Crippen molar-refractivity contribution < 1.29 is 9.53 Å². The zero-order valence-electron chi connectivity index (χ0n) is 11.9. The van der Waals surface area contributed by atoms with Crippen molar-refractivity contribution in [1.29, 1.82) is 0 Å². The van der Waals surface area contributed by atoms with Crippen LogP contribution in [0.2, 0.25) is 0 Å². The van der Waals surface area contributed by atoms with E-state index in [0.29, 0.717) is 18.7 Å². The van der Waals surface area contributed by atoms with E-state index < -0.39 is 0 Å². The van der Waals surface area contributed by atoms with Gasteiger partial charge in [0.2, 0.25) is 0 Å². The summed E-state index contributed by atoms with van der Waals surface area (Å²) in [4.78, 5) is 14.0. The van der Waals surface area contributed by atoms with E-state index in [9.17, 15) is 4.79 Å². The summed E-state index contributed by atoms with van der Waals surface area (Å²) >= 11 is 0. The van der Waals surface area contributed by atoms with Crippen LogP contribution < -0.4 is 4.74 Å². The molecule has 0 fully saturated rings. The molecule has 0 aliphatic heterocycles. The lowest BCUT2D eigenvalue weighted by molar-refractivity contribution is 0.0799. The average molecular weight is 269 g/mol. The molecule has 2 rings (SSSR count). The maximum absolute atomic E-state index is 12.3. The predicted octanol–water partition coefficient (Wildman–Crippen LogP) is 3.36. The molecule has 3 nitrogen and oxygen atoms in total. The van der Waals surface area contributed by atoms with Gasteiger partial charge < -0.3 is 9.64 Å². The van der Waals surface area contributed by atoms with Crippen molar-refractivity contribution in [2.24, 2.45) is 0 Å². The molecule has 104 valence electrons. The van der Waals surface area contributed by atoms with Crippen LogP contribution in [0.25, 0.3) is 0 Å². The van der Waals surface area contributed by atoms with Gasteiger partial charge in [0.15, 0.2) is 0 Å². The first kappa shape index (κ1) is 14.1. The van der Waals surface area contributed by atoms with Crippen LogP contribution in [0.3, 0.4) is 0 Å². The van der Waals surface area contributed by atoms with Crippen molar-refractivity contribution in [3.63, 3.8) is 0 Å². The van der Waals surface area contributed by atoms with E-state index in [4.69, 9.17) is 4.74 Å². The van der Waals surface area contributed by atoms with Gasteiger partial charge in [0.25, 0.3) is 5.91 Å². The summed E-state index contributed by atoms with van der Waals surface area (Å²) in [5, 5.41) is 0. The van der Waals surface area contributed by atoms with Crippen molar-refractivity contribution in [2.75, 3.05) is 13.6 Å². The quantitative estimate of drug-likeness (QED) is 0.833. The van der Waals surface area contributed by atoms with Gasteiger partial charge in [0.1, 0.15) is 12.4 Å². The SMILES string of the molecule is CCN(C)C(=O)c1ccccc1COc1ccccc1. The van der Waals surface area contributed by atoms with E-state index in [1.165, 1.54) is 0 Å². The summed E-state index contributed by atoms with van der Waals surface area (Å²) in [6, 6.07) is 17.2. The Morgan fingerprint density at radius 2 is 1.70 bits per heavy atom. The Morgan fingerprint density at radius 3 is 2.40 bits per heavy atom. The molecule has 0 aliphatic carbocycles. The van der Waals surface area contributed by atoms with Gasteiger partial charge in [-0.05, 0) is 25.1 Å². The Kier molecular flexibility index (Phi) is 4.77. The first-order chi connectivity index (χ1) is 9.72. The molecule has 3 heteroatoms. The largest absolute Gasteiger partial charge is 0.489 e. The van der Waals surface area contributed by atoms with E-state index >= 15 is 0 Å². The summed E-state index contributed by atoms with van der Waals surface area (Å²) in [6.45, 7) is 3.04. The molecular weight excluding hydrogens is 250 g/mol. The van der Waals surface area contributed by atoms with E-state index in [1.54, 1.807) is 11.9 Å². The number of hydrogen-bond donors (Lipinski definition) is 0. The Labute approximate surface area is 119 Å². The molecule has 0 aromatic heterocycles. The molecule has 0 heterocycles. The molecule has 1 amide bonds. The van der Waals surface area contributed by atoms with Gasteiger partial charge in [-0.25, -0.2) is 0 Å². The fourth-order valence-electron chi connectivity index (χ4n) is 1.88. The van der Waals surface area contributed by atoms with Crippen LogP contribution in [-0.4, -0.2) is 24.4 Å². The first-order valence-corrected chi connectivity index (χ1v) is 6.73. The van der Waals surface area contributed by atoms with Crippen LogP contribution in [-0.2, 0) is 6.61 Å². The fourth-order valence-corrected chi connectivity index (χ4v) is 1.88. The highest BCUT2D eigenvalue weighted by Crippen LogP contribution is 2.15. The molecule has 20 heavy (non-hydrogen) atoms. The second kappa shape index (κ2) is 6.75. The number of carbonyl (C=O) groups is 1. The molecular formula is C17H19NO2. The Bertz CT molecular complexity index is 566. The van der Waals surface area contributed by atoms with Crippen LogP contribution in [0.15, 0.2) is 54.6 Å². The van der Waals surface area contributed by atoms with Crippen molar-refractivity contribution in [3.8, 4) is 5.75 Å². The molecule has 0 unspecified atom stereocenters. The number of nitrogens with zero attached hydrogens (tertiary/aromatic N) is 1. The first-order valence-electron chi connectivity index (χ1n) is 6.73. The molecule has 0 N–H and O–H groups in total. The maximum Gasteiger partial charge on any atom is 0.253 e. The van der Waals surface area contributed by atoms with Crippen molar-refractivity contribution in [3.05, 3.63) is 65.7 Å². The van der Waals surface area contributed by atoms with Crippen molar-refractivity contribution in [2.45, 2.75) is 13.5 Å². The third-order valence-corrected chi connectivity index (χ3v) is 3.21. The van der Waals surface area contributed by atoms with Crippen LogP contribution in [0.1, 0.15) is 22.8 Å². The zero-order chi connectivity index (χ0) is 14.4. The lowest BCUT2D eigenvalue weighted by atomic mass is 10.1. The maximum atomic E-state index is 12.3. The number of rotatable bonds is 5. The topological polar surface area (TPSA) is 29.5 Å². The van der Waals surface area contributed by atoms with E-state index in [2.05, 4.69) is 0 Å². The van der Waals surface area contributed by atoms with Gasteiger partial charge in [-0.1, -0.05) is 36.4 Å². The fraction of sp³-hybridized carbons (Fsp3) is 0.235. The molecule has 0 spiro atoms. The minimum absolute atomic E-state index is 0.0276. The van der Waals surface area contributed by atoms with Gasteiger partial charge >= 0.3 is 0 Å². The molecule has 2 aromatic rings. The summed E-state index contributed by atoms with van der Waals surface area (Å²) < 4.78 is 5.73. The molecule has 0 aliphatic rings. The van der Waals surface area contributed by atoms with Crippen LogP contribution in [0.5, 0.6) is 5.75 Å². The van der Waals surface area contributed by atoms with Crippen LogP contribution in [0.4, 0.5) is 0 Å². The number of amides is 1.